The summed E-state index contributed by atoms with van der Waals surface area (Å²) in [6.45, 7) is 6.01. The smallest absolute Gasteiger partial charge is 0.342 e. The van der Waals surface area contributed by atoms with E-state index < -0.39 is 11.2 Å². The van der Waals surface area contributed by atoms with Gasteiger partial charge in [-0.05, 0) is 24.8 Å². The van der Waals surface area contributed by atoms with Crippen LogP contribution in [-0.2, 0) is 0 Å². The topological polar surface area (TPSA) is 103 Å². The van der Waals surface area contributed by atoms with Gasteiger partial charge in [0.05, 0.1) is 0 Å². The van der Waals surface area contributed by atoms with E-state index in [1.54, 1.807) is 0 Å². The van der Waals surface area contributed by atoms with Crippen LogP contribution in [0.25, 0.3) is 0 Å². The molecule has 1 aromatic rings. The largest absolute Gasteiger partial charge is 0.362 e. The molecule has 1 fully saturated rings. The molecule has 0 spiro atoms. The SMILES string of the molecule is CC1(C)CCCNC1CNc1n[nH]c(=O)[nH]c1=O. The van der Waals surface area contributed by atoms with Crippen LogP contribution in [0.4, 0.5) is 5.82 Å². The van der Waals surface area contributed by atoms with Gasteiger partial charge in [0.25, 0.3) is 5.56 Å². The Labute approximate surface area is 104 Å². The van der Waals surface area contributed by atoms with E-state index in [2.05, 4.69) is 39.7 Å². The fourth-order valence-corrected chi connectivity index (χ4v) is 2.29. The summed E-state index contributed by atoms with van der Waals surface area (Å²) in [6.07, 6.45) is 2.32. The van der Waals surface area contributed by atoms with E-state index in [1.165, 1.54) is 6.42 Å². The van der Waals surface area contributed by atoms with Crippen LogP contribution < -0.4 is 21.9 Å². The zero-order valence-electron chi connectivity index (χ0n) is 10.7. The van der Waals surface area contributed by atoms with Crippen molar-refractivity contribution in [2.45, 2.75) is 32.7 Å². The first kappa shape index (κ1) is 12.8. The summed E-state index contributed by atoms with van der Waals surface area (Å²) in [4.78, 5) is 24.4. The number of aromatic nitrogens is 3. The van der Waals surface area contributed by atoms with Crippen molar-refractivity contribution < 1.29 is 0 Å². The molecule has 0 saturated carbocycles. The number of anilines is 1. The second-order valence-electron chi connectivity index (χ2n) is 5.34. The third-order valence-corrected chi connectivity index (χ3v) is 3.52. The zero-order chi connectivity index (χ0) is 13.2. The van der Waals surface area contributed by atoms with Crippen molar-refractivity contribution in [1.82, 2.24) is 20.5 Å². The Kier molecular flexibility index (Phi) is 3.51. The molecule has 1 saturated heterocycles. The molecule has 2 heterocycles. The minimum absolute atomic E-state index is 0.151. The molecule has 4 N–H and O–H groups in total. The lowest BCUT2D eigenvalue weighted by Gasteiger charge is -2.39. The fourth-order valence-electron chi connectivity index (χ4n) is 2.29. The van der Waals surface area contributed by atoms with E-state index in [1.807, 2.05) is 0 Å². The molecule has 7 heteroatoms. The van der Waals surface area contributed by atoms with Crippen molar-refractivity contribution in [2.24, 2.45) is 5.41 Å². The Hall–Kier alpha value is -1.63. The van der Waals surface area contributed by atoms with Gasteiger partial charge >= 0.3 is 5.69 Å². The lowest BCUT2D eigenvalue weighted by atomic mass is 9.77. The highest BCUT2D eigenvalue weighted by Crippen LogP contribution is 2.29. The van der Waals surface area contributed by atoms with Crippen LogP contribution >= 0.6 is 0 Å². The van der Waals surface area contributed by atoms with Gasteiger partial charge in [-0.15, -0.1) is 5.10 Å². The summed E-state index contributed by atoms with van der Waals surface area (Å²) < 4.78 is 0. The third kappa shape index (κ3) is 2.79. The predicted octanol–water partition coefficient (Wildman–Crippen LogP) is -0.352. The molecule has 7 nitrogen and oxygen atoms in total. The molecule has 0 amide bonds. The van der Waals surface area contributed by atoms with Crippen molar-refractivity contribution >= 4 is 5.82 Å². The minimum Gasteiger partial charge on any atom is -0.362 e. The number of nitrogens with one attached hydrogen (secondary N) is 4. The number of H-pyrrole nitrogens is 2. The molecule has 0 aliphatic carbocycles. The van der Waals surface area contributed by atoms with Crippen LogP contribution in [0.15, 0.2) is 9.59 Å². The summed E-state index contributed by atoms with van der Waals surface area (Å²) in [7, 11) is 0. The first-order valence-corrected chi connectivity index (χ1v) is 6.15. The number of aromatic amines is 2. The Morgan fingerprint density at radius 2 is 2.22 bits per heavy atom. The normalized spacial score (nSPS) is 22.7. The number of nitrogens with zero attached hydrogens (tertiary/aromatic N) is 1. The van der Waals surface area contributed by atoms with Crippen molar-refractivity contribution in [3.63, 3.8) is 0 Å². The fraction of sp³-hybridized carbons (Fsp3) is 0.727. The first-order chi connectivity index (χ1) is 8.49. The number of rotatable bonds is 3. The monoisotopic (exact) mass is 253 g/mol. The van der Waals surface area contributed by atoms with Gasteiger partial charge in [-0.1, -0.05) is 13.8 Å². The Morgan fingerprint density at radius 3 is 2.89 bits per heavy atom. The van der Waals surface area contributed by atoms with Crippen molar-refractivity contribution in [2.75, 3.05) is 18.4 Å². The van der Waals surface area contributed by atoms with E-state index >= 15 is 0 Å². The molecule has 1 unspecified atom stereocenters. The molecule has 0 radical (unpaired) electrons. The van der Waals surface area contributed by atoms with Gasteiger partial charge in [-0.2, -0.15) is 0 Å². The van der Waals surface area contributed by atoms with Crippen LogP contribution in [0.3, 0.4) is 0 Å². The van der Waals surface area contributed by atoms with Gasteiger partial charge in [0.1, 0.15) is 0 Å². The lowest BCUT2D eigenvalue weighted by molar-refractivity contribution is 0.188. The maximum Gasteiger partial charge on any atom is 0.342 e. The van der Waals surface area contributed by atoms with E-state index in [0.717, 1.165) is 13.0 Å². The average Bonchev–Trinajstić information content (AvgIpc) is 2.29. The van der Waals surface area contributed by atoms with Gasteiger partial charge in [0.15, 0.2) is 0 Å². The minimum atomic E-state index is -0.596. The van der Waals surface area contributed by atoms with E-state index in [4.69, 9.17) is 0 Å². The molecule has 1 aliphatic heterocycles. The standard InChI is InChI=1S/C11H19N5O2/c1-11(2)4-3-5-12-7(11)6-13-8-9(17)14-10(18)16-15-8/h7,12H,3-6H2,1-2H3,(H,13,15)(H2,14,16,17,18). The van der Waals surface area contributed by atoms with E-state index in [-0.39, 0.29) is 17.3 Å². The second kappa shape index (κ2) is 4.93. The Morgan fingerprint density at radius 1 is 1.44 bits per heavy atom. The Bertz CT molecular complexity index is 519. The molecule has 0 aromatic carbocycles. The predicted molar refractivity (Wildman–Crippen MR) is 68.8 cm³/mol. The second-order valence-corrected chi connectivity index (χ2v) is 5.34. The van der Waals surface area contributed by atoms with Crippen LogP contribution in [0, 0.1) is 5.41 Å². The molecule has 0 bridgehead atoms. The molecular weight excluding hydrogens is 234 g/mol. The van der Waals surface area contributed by atoms with Gasteiger partial charge < -0.3 is 10.6 Å². The van der Waals surface area contributed by atoms with Gasteiger partial charge in [0, 0.05) is 12.6 Å². The van der Waals surface area contributed by atoms with Crippen LogP contribution in [0.1, 0.15) is 26.7 Å². The van der Waals surface area contributed by atoms with E-state index in [0.29, 0.717) is 6.54 Å². The molecule has 1 aliphatic rings. The third-order valence-electron chi connectivity index (χ3n) is 3.52. The highest BCUT2D eigenvalue weighted by molar-refractivity contribution is 5.29. The first-order valence-electron chi connectivity index (χ1n) is 6.15. The quantitative estimate of drug-likeness (QED) is 0.589. The number of hydrogen-bond donors (Lipinski definition) is 4. The zero-order valence-corrected chi connectivity index (χ0v) is 10.7. The van der Waals surface area contributed by atoms with Crippen LogP contribution in [0.5, 0.6) is 0 Å². The molecule has 18 heavy (non-hydrogen) atoms. The van der Waals surface area contributed by atoms with Gasteiger partial charge in [-0.3, -0.25) is 9.78 Å². The average molecular weight is 253 g/mol. The summed E-state index contributed by atoms with van der Waals surface area (Å²) in [5.41, 5.74) is -0.908. The summed E-state index contributed by atoms with van der Waals surface area (Å²) in [5, 5.41) is 12.3. The van der Waals surface area contributed by atoms with Gasteiger partial charge in [0.2, 0.25) is 5.82 Å². The van der Waals surface area contributed by atoms with E-state index in [9.17, 15) is 9.59 Å². The molecule has 1 aromatic heterocycles. The van der Waals surface area contributed by atoms with Crippen LogP contribution in [-0.4, -0.2) is 34.3 Å². The van der Waals surface area contributed by atoms with Gasteiger partial charge in [-0.25, -0.2) is 9.89 Å². The van der Waals surface area contributed by atoms with Crippen molar-refractivity contribution in [1.29, 1.82) is 0 Å². The van der Waals surface area contributed by atoms with Crippen molar-refractivity contribution in [3.8, 4) is 0 Å². The molecule has 100 valence electrons. The van der Waals surface area contributed by atoms with Crippen molar-refractivity contribution in [3.05, 3.63) is 20.8 Å². The maximum absolute atomic E-state index is 11.5. The van der Waals surface area contributed by atoms with Crippen LogP contribution in [0.2, 0.25) is 0 Å². The summed E-state index contributed by atoms with van der Waals surface area (Å²) in [5.74, 6) is 0.151. The lowest BCUT2D eigenvalue weighted by Crippen LogP contribution is -2.50. The highest BCUT2D eigenvalue weighted by atomic mass is 16.2. The highest BCUT2D eigenvalue weighted by Gasteiger charge is 2.31. The molecule has 2 rings (SSSR count). The summed E-state index contributed by atoms with van der Waals surface area (Å²) in [6, 6.07) is 0.277. The molecular formula is C11H19N5O2. The molecule has 1 atom stereocenters. The number of piperidine rings is 1. The summed E-state index contributed by atoms with van der Waals surface area (Å²) >= 11 is 0. The Balaban J connectivity index is 2.03. The number of hydrogen-bond acceptors (Lipinski definition) is 5. The maximum atomic E-state index is 11.5.